The second-order valence-electron chi connectivity index (χ2n) is 11.3. The van der Waals surface area contributed by atoms with E-state index in [1.807, 2.05) is 0 Å². The highest BCUT2D eigenvalue weighted by molar-refractivity contribution is 5.95. The van der Waals surface area contributed by atoms with Crippen LogP contribution in [-0.4, -0.2) is 28.3 Å². The van der Waals surface area contributed by atoms with Crippen molar-refractivity contribution in [2.45, 2.75) is 63.1 Å². The maximum absolute atomic E-state index is 14.5. The molecule has 1 saturated carbocycles. The molecule has 1 aliphatic carbocycles. The van der Waals surface area contributed by atoms with Crippen molar-refractivity contribution < 1.29 is 35.9 Å². The van der Waals surface area contributed by atoms with E-state index >= 15 is 0 Å². The van der Waals surface area contributed by atoms with Gasteiger partial charge in [0.05, 0.1) is 22.9 Å². The topological polar surface area (TPSA) is 64.0 Å². The number of ketones is 1. The van der Waals surface area contributed by atoms with Crippen LogP contribution in [0, 0.1) is 17.5 Å². The van der Waals surface area contributed by atoms with Crippen molar-refractivity contribution in [2.75, 3.05) is 7.05 Å². The van der Waals surface area contributed by atoms with Crippen molar-refractivity contribution in [1.82, 2.24) is 14.9 Å². The van der Waals surface area contributed by atoms with Gasteiger partial charge in [0, 0.05) is 49.1 Å². The normalized spacial score (nSPS) is 14.7. The molecule has 0 spiro atoms. The molecule has 0 saturated heterocycles. The summed E-state index contributed by atoms with van der Waals surface area (Å²) in [6.45, 7) is 1.72. The monoisotopic (exact) mass is 627 g/mol. The van der Waals surface area contributed by atoms with Crippen LogP contribution in [0.4, 0.5) is 26.3 Å². The molecule has 0 bridgehead atoms. The van der Waals surface area contributed by atoms with Crippen LogP contribution in [0.2, 0.25) is 0 Å². The van der Waals surface area contributed by atoms with Gasteiger partial charge in [0.1, 0.15) is 17.5 Å². The minimum atomic E-state index is -4.58. The number of nitrogens with one attached hydrogen (secondary N) is 1. The van der Waals surface area contributed by atoms with E-state index in [2.05, 4.69) is 10.3 Å². The first kappa shape index (κ1) is 32.0. The number of halogens is 6. The SMILES string of the molecule is CCC(C(=O)C[C@@H](Cc1cc(F)cc(F)c1)c1ncccc1-c1ccc(F)c(C(=O)NC)c1)n1cc(C(F)(F)F)cc1C1CC1. The van der Waals surface area contributed by atoms with Gasteiger partial charge in [-0.3, -0.25) is 14.6 Å². The largest absolute Gasteiger partial charge is 0.417 e. The van der Waals surface area contributed by atoms with Crippen molar-refractivity contribution in [2.24, 2.45) is 0 Å². The minimum absolute atomic E-state index is 0.0284. The van der Waals surface area contributed by atoms with Crippen molar-refractivity contribution >= 4 is 11.7 Å². The second-order valence-corrected chi connectivity index (χ2v) is 11.3. The third-order valence-electron chi connectivity index (χ3n) is 8.12. The second kappa shape index (κ2) is 12.9. The summed E-state index contributed by atoms with van der Waals surface area (Å²) in [7, 11) is 1.37. The molecule has 1 fully saturated rings. The molecule has 1 N–H and O–H groups in total. The first-order valence-corrected chi connectivity index (χ1v) is 14.6. The minimum Gasteiger partial charge on any atom is -0.355 e. The molecule has 1 unspecified atom stereocenters. The molecule has 2 aromatic carbocycles. The predicted octanol–water partition coefficient (Wildman–Crippen LogP) is 8.16. The summed E-state index contributed by atoms with van der Waals surface area (Å²) in [4.78, 5) is 30.9. The molecule has 45 heavy (non-hydrogen) atoms. The maximum Gasteiger partial charge on any atom is 0.417 e. The highest BCUT2D eigenvalue weighted by Gasteiger charge is 2.38. The van der Waals surface area contributed by atoms with Gasteiger partial charge in [0.25, 0.3) is 5.91 Å². The Hall–Kier alpha value is -4.41. The van der Waals surface area contributed by atoms with Crippen LogP contribution in [0.5, 0.6) is 0 Å². The van der Waals surface area contributed by atoms with Crippen LogP contribution >= 0.6 is 0 Å². The number of nitrogens with zero attached hydrogens (tertiary/aromatic N) is 2. The number of pyridine rings is 1. The smallest absolute Gasteiger partial charge is 0.355 e. The zero-order valence-corrected chi connectivity index (χ0v) is 24.6. The fraction of sp³-hybridized carbons (Fsp3) is 0.324. The summed E-state index contributed by atoms with van der Waals surface area (Å²) in [6, 6.07) is 10.5. The van der Waals surface area contributed by atoms with Crippen LogP contribution in [0.3, 0.4) is 0 Å². The van der Waals surface area contributed by atoms with Crippen molar-refractivity contribution in [3.8, 4) is 11.1 Å². The molecule has 5 rings (SSSR count). The predicted molar refractivity (Wildman–Crippen MR) is 156 cm³/mol. The Morgan fingerprint density at radius 2 is 1.73 bits per heavy atom. The molecule has 0 aliphatic heterocycles. The van der Waals surface area contributed by atoms with Gasteiger partial charge in [-0.25, -0.2) is 13.2 Å². The Balaban J connectivity index is 1.57. The molecule has 2 atom stereocenters. The summed E-state index contributed by atoms with van der Waals surface area (Å²) >= 11 is 0. The summed E-state index contributed by atoms with van der Waals surface area (Å²) < 4.78 is 85.4. The quantitative estimate of drug-likeness (QED) is 0.171. The molecule has 0 radical (unpaired) electrons. The van der Waals surface area contributed by atoms with Crippen LogP contribution in [0.15, 0.2) is 67.0 Å². The molecular weight excluding hydrogens is 596 g/mol. The van der Waals surface area contributed by atoms with Gasteiger partial charge in [-0.15, -0.1) is 0 Å². The Labute approximate surface area is 256 Å². The lowest BCUT2D eigenvalue weighted by molar-refractivity contribution is -0.137. The van der Waals surface area contributed by atoms with Crippen molar-refractivity contribution in [3.05, 3.63) is 113 Å². The Kier molecular flexibility index (Phi) is 9.18. The Morgan fingerprint density at radius 1 is 1.02 bits per heavy atom. The number of hydrogen-bond acceptors (Lipinski definition) is 3. The molecule has 1 aliphatic rings. The average Bonchev–Trinajstić information content (AvgIpc) is 3.74. The van der Waals surface area contributed by atoms with E-state index in [-0.39, 0.29) is 42.1 Å². The van der Waals surface area contributed by atoms with Crippen LogP contribution in [0.1, 0.15) is 83.4 Å². The fourth-order valence-electron chi connectivity index (χ4n) is 5.85. The molecular formula is C34H31F6N3O2. The molecule has 1 amide bonds. The summed E-state index contributed by atoms with van der Waals surface area (Å²) in [5.41, 5.74) is 0.908. The molecule has 11 heteroatoms. The van der Waals surface area contributed by atoms with Gasteiger partial charge in [0.15, 0.2) is 5.78 Å². The molecule has 2 aromatic heterocycles. The van der Waals surface area contributed by atoms with Gasteiger partial charge in [0.2, 0.25) is 0 Å². The van der Waals surface area contributed by atoms with Gasteiger partial charge in [-0.1, -0.05) is 19.1 Å². The first-order chi connectivity index (χ1) is 21.4. The van der Waals surface area contributed by atoms with E-state index in [1.165, 1.54) is 29.9 Å². The standard InChI is InChI=1S/C34H31F6N3O2/c1-3-29(43-18-23(34(38,39)40)16-30(43)20-6-7-20)31(44)15-22(11-19-12-24(35)17-25(36)13-19)32-26(5-4-10-42-32)21-8-9-28(37)27(14-21)33(45)41-2/h4-5,8-10,12-14,16-18,20,22,29H,3,6-7,11,15H2,1-2H3,(H,41,45)/t22-,29?/m1/s1. The summed E-state index contributed by atoms with van der Waals surface area (Å²) in [6.07, 6.45) is -0.677. The Bertz CT molecular complexity index is 1710. The zero-order chi connectivity index (χ0) is 32.5. The first-order valence-electron chi connectivity index (χ1n) is 14.6. The molecule has 4 aromatic rings. The van der Waals surface area contributed by atoms with Crippen LogP contribution < -0.4 is 5.32 Å². The van der Waals surface area contributed by atoms with Gasteiger partial charge in [-0.2, -0.15) is 13.2 Å². The van der Waals surface area contributed by atoms with E-state index in [4.69, 9.17) is 0 Å². The van der Waals surface area contributed by atoms with E-state index < -0.39 is 47.1 Å². The highest BCUT2D eigenvalue weighted by atomic mass is 19.4. The van der Waals surface area contributed by atoms with E-state index in [0.29, 0.717) is 22.5 Å². The summed E-state index contributed by atoms with van der Waals surface area (Å²) in [5.74, 6) is -4.22. The number of amides is 1. The number of carbonyl (C=O) groups is 2. The third kappa shape index (κ3) is 7.13. The van der Waals surface area contributed by atoms with Gasteiger partial charge < -0.3 is 9.88 Å². The lowest BCUT2D eigenvalue weighted by Gasteiger charge is -2.24. The number of hydrogen-bond donors (Lipinski definition) is 1. The number of benzene rings is 2. The lowest BCUT2D eigenvalue weighted by Crippen LogP contribution is -2.23. The molecule has 2 heterocycles. The number of Topliss-reactive ketones (excluding diaryl/α,β-unsaturated/α-hetero) is 1. The van der Waals surface area contributed by atoms with Crippen LogP contribution in [0.25, 0.3) is 11.1 Å². The number of alkyl halides is 3. The van der Waals surface area contributed by atoms with Crippen molar-refractivity contribution in [1.29, 1.82) is 0 Å². The maximum atomic E-state index is 14.5. The highest BCUT2D eigenvalue weighted by Crippen LogP contribution is 2.45. The molecule has 236 valence electrons. The number of carbonyl (C=O) groups excluding carboxylic acids is 2. The van der Waals surface area contributed by atoms with E-state index in [9.17, 15) is 35.9 Å². The van der Waals surface area contributed by atoms with E-state index in [0.717, 1.165) is 49.4 Å². The third-order valence-corrected chi connectivity index (χ3v) is 8.12. The Morgan fingerprint density at radius 3 is 2.36 bits per heavy atom. The van der Waals surface area contributed by atoms with Crippen molar-refractivity contribution in [3.63, 3.8) is 0 Å². The van der Waals surface area contributed by atoms with Crippen LogP contribution in [-0.2, 0) is 17.4 Å². The molecule has 5 nitrogen and oxygen atoms in total. The summed E-state index contributed by atoms with van der Waals surface area (Å²) in [5, 5.41) is 2.39. The fourth-order valence-corrected chi connectivity index (χ4v) is 5.85. The van der Waals surface area contributed by atoms with Gasteiger partial charge >= 0.3 is 6.18 Å². The lowest BCUT2D eigenvalue weighted by atomic mass is 9.85. The average molecular weight is 628 g/mol. The van der Waals surface area contributed by atoms with E-state index in [1.54, 1.807) is 19.1 Å². The number of rotatable bonds is 11. The zero-order valence-electron chi connectivity index (χ0n) is 24.6. The number of aromatic nitrogens is 2. The van der Waals surface area contributed by atoms with Gasteiger partial charge in [-0.05, 0) is 79.1 Å².